The summed E-state index contributed by atoms with van der Waals surface area (Å²) in [6, 6.07) is 17.5. The van der Waals surface area contributed by atoms with Crippen LogP contribution in [-0.2, 0) is 11.4 Å². The van der Waals surface area contributed by atoms with Crippen LogP contribution in [0.1, 0.15) is 38.7 Å². The molecule has 0 fully saturated rings. The number of hydrogen-bond acceptors (Lipinski definition) is 3. The van der Waals surface area contributed by atoms with Crippen LogP contribution < -0.4 is 15.8 Å². The molecule has 0 atom stereocenters. The van der Waals surface area contributed by atoms with Gasteiger partial charge in [-0.2, -0.15) is 0 Å². The molecule has 0 radical (unpaired) electrons. The molecule has 0 saturated carbocycles. The van der Waals surface area contributed by atoms with E-state index in [0.29, 0.717) is 19.6 Å². The fourth-order valence-electron chi connectivity index (χ4n) is 2.57. The number of ether oxygens (including phenoxy) is 1. The Labute approximate surface area is 150 Å². The number of nitrogens with two attached hydrogens (primary N) is 1. The molecule has 0 aliphatic carbocycles. The summed E-state index contributed by atoms with van der Waals surface area (Å²) in [5, 5.41) is 2.93. The lowest BCUT2D eigenvalue weighted by Gasteiger charge is -2.23. The molecule has 0 heterocycles. The minimum absolute atomic E-state index is 0.0306. The number of rotatable bonds is 9. The van der Waals surface area contributed by atoms with Crippen LogP contribution in [0.4, 0.5) is 5.69 Å². The number of amides is 1. The van der Waals surface area contributed by atoms with E-state index in [1.807, 2.05) is 54.6 Å². The van der Waals surface area contributed by atoms with Crippen molar-refractivity contribution in [1.82, 2.24) is 0 Å². The molecule has 3 N–H and O–H groups in total. The predicted molar refractivity (Wildman–Crippen MR) is 103 cm³/mol. The van der Waals surface area contributed by atoms with Crippen LogP contribution in [0.25, 0.3) is 0 Å². The summed E-state index contributed by atoms with van der Waals surface area (Å²) in [4.78, 5) is 12.1. The summed E-state index contributed by atoms with van der Waals surface area (Å²) < 4.78 is 5.75. The van der Waals surface area contributed by atoms with Crippen molar-refractivity contribution in [3.63, 3.8) is 0 Å². The van der Waals surface area contributed by atoms with Crippen LogP contribution in [0.3, 0.4) is 0 Å². The lowest BCUT2D eigenvalue weighted by molar-refractivity contribution is -0.116. The normalized spacial score (nSPS) is 11.2. The van der Waals surface area contributed by atoms with Gasteiger partial charge in [-0.15, -0.1) is 0 Å². The van der Waals surface area contributed by atoms with Crippen molar-refractivity contribution in [3.05, 3.63) is 60.2 Å². The maximum absolute atomic E-state index is 12.1. The van der Waals surface area contributed by atoms with Gasteiger partial charge in [0.05, 0.1) is 0 Å². The summed E-state index contributed by atoms with van der Waals surface area (Å²) in [6.45, 7) is 5.47. The molecular weight excluding hydrogens is 312 g/mol. The van der Waals surface area contributed by atoms with E-state index in [-0.39, 0.29) is 11.3 Å². The Balaban J connectivity index is 1.78. The number of carbonyl (C=O) groups is 1. The van der Waals surface area contributed by atoms with Gasteiger partial charge in [-0.25, -0.2) is 0 Å². The van der Waals surface area contributed by atoms with Gasteiger partial charge < -0.3 is 15.8 Å². The summed E-state index contributed by atoms with van der Waals surface area (Å²) >= 11 is 0. The van der Waals surface area contributed by atoms with Gasteiger partial charge in [-0.3, -0.25) is 4.79 Å². The molecule has 25 heavy (non-hydrogen) atoms. The van der Waals surface area contributed by atoms with Gasteiger partial charge in [-0.05, 0) is 54.6 Å². The molecule has 0 saturated heterocycles. The van der Waals surface area contributed by atoms with Crippen molar-refractivity contribution < 1.29 is 9.53 Å². The van der Waals surface area contributed by atoms with Gasteiger partial charge in [0.25, 0.3) is 0 Å². The summed E-state index contributed by atoms with van der Waals surface area (Å²) in [5.74, 6) is 0.814. The highest BCUT2D eigenvalue weighted by Gasteiger charge is 2.18. The molecule has 0 aliphatic rings. The highest BCUT2D eigenvalue weighted by atomic mass is 16.5. The standard InChI is InChI=1S/C21H28N2O2/c1-21(2,14-15-22)13-12-20(24)23-18-8-10-19(11-9-18)25-16-17-6-4-3-5-7-17/h3-11H,12-16,22H2,1-2H3,(H,23,24). The summed E-state index contributed by atoms with van der Waals surface area (Å²) in [5.41, 5.74) is 7.62. The molecule has 0 unspecified atom stereocenters. The smallest absolute Gasteiger partial charge is 0.224 e. The summed E-state index contributed by atoms with van der Waals surface area (Å²) in [7, 11) is 0. The quantitative estimate of drug-likeness (QED) is 0.713. The zero-order chi connectivity index (χ0) is 18.1. The lowest BCUT2D eigenvalue weighted by Crippen LogP contribution is -2.20. The first-order valence-corrected chi connectivity index (χ1v) is 8.75. The first-order valence-electron chi connectivity index (χ1n) is 8.75. The summed E-state index contributed by atoms with van der Waals surface area (Å²) in [6.07, 6.45) is 2.25. The Hall–Kier alpha value is -2.33. The Kier molecular flexibility index (Phi) is 7.02. The van der Waals surface area contributed by atoms with E-state index in [0.717, 1.165) is 29.8 Å². The van der Waals surface area contributed by atoms with Crippen LogP contribution in [0.15, 0.2) is 54.6 Å². The number of benzene rings is 2. The molecule has 0 bridgehead atoms. The van der Waals surface area contributed by atoms with Gasteiger partial charge in [0.2, 0.25) is 5.91 Å². The second-order valence-electron chi connectivity index (χ2n) is 7.05. The third-order valence-electron chi connectivity index (χ3n) is 4.24. The van der Waals surface area contributed by atoms with E-state index in [1.165, 1.54) is 0 Å². The average molecular weight is 340 g/mol. The molecular formula is C21H28N2O2. The molecule has 2 aromatic carbocycles. The Morgan fingerprint density at radius 2 is 1.72 bits per heavy atom. The van der Waals surface area contributed by atoms with Crippen molar-refractivity contribution >= 4 is 11.6 Å². The van der Waals surface area contributed by atoms with E-state index in [4.69, 9.17) is 10.5 Å². The van der Waals surface area contributed by atoms with Gasteiger partial charge in [0, 0.05) is 12.1 Å². The van der Waals surface area contributed by atoms with Crippen molar-refractivity contribution in [3.8, 4) is 5.75 Å². The molecule has 1 amide bonds. The Morgan fingerprint density at radius 3 is 2.36 bits per heavy atom. The molecule has 4 nitrogen and oxygen atoms in total. The van der Waals surface area contributed by atoms with Crippen molar-refractivity contribution in [2.24, 2.45) is 11.1 Å². The molecule has 2 aromatic rings. The zero-order valence-corrected chi connectivity index (χ0v) is 15.1. The first-order chi connectivity index (χ1) is 12.0. The average Bonchev–Trinajstić information content (AvgIpc) is 2.60. The van der Waals surface area contributed by atoms with Gasteiger partial charge in [0.1, 0.15) is 12.4 Å². The van der Waals surface area contributed by atoms with Crippen LogP contribution in [0.5, 0.6) is 5.75 Å². The third-order valence-corrected chi connectivity index (χ3v) is 4.24. The number of anilines is 1. The number of hydrogen-bond donors (Lipinski definition) is 2. The van der Waals surface area contributed by atoms with Crippen molar-refractivity contribution in [2.75, 3.05) is 11.9 Å². The fraction of sp³-hybridized carbons (Fsp3) is 0.381. The highest BCUT2D eigenvalue weighted by Crippen LogP contribution is 2.26. The second-order valence-corrected chi connectivity index (χ2v) is 7.05. The van der Waals surface area contributed by atoms with E-state index in [9.17, 15) is 4.79 Å². The van der Waals surface area contributed by atoms with Gasteiger partial charge >= 0.3 is 0 Å². The minimum atomic E-state index is 0.0306. The molecule has 0 aromatic heterocycles. The van der Waals surface area contributed by atoms with Crippen LogP contribution in [-0.4, -0.2) is 12.5 Å². The second kappa shape index (κ2) is 9.23. The minimum Gasteiger partial charge on any atom is -0.489 e. The maximum atomic E-state index is 12.1. The van der Waals surface area contributed by atoms with E-state index < -0.39 is 0 Å². The largest absolute Gasteiger partial charge is 0.489 e. The van der Waals surface area contributed by atoms with Gasteiger partial charge in [0.15, 0.2) is 0 Å². The molecule has 0 spiro atoms. The van der Waals surface area contributed by atoms with Crippen LogP contribution >= 0.6 is 0 Å². The van der Waals surface area contributed by atoms with E-state index in [2.05, 4.69) is 19.2 Å². The molecule has 0 aliphatic heterocycles. The molecule has 134 valence electrons. The van der Waals surface area contributed by atoms with E-state index >= 15 is 0 Å². The maximum Gasteiger partial charge on any atom is 0.224 e. The topological polar surface area (TPSA) is 64.4 Å². The highest BCUT2D eigenvalue weighted by molar-refractivity contribution is 5.90. The number of carbonyl (C=O) groups excluding carboxylic acids is 1. The lowest BCUT2D eigenvalue weighted by atomic mass is 9.84. The van der Waals surface area contributed by atoms with Crippen LogP contribution in [0, 0.1) is 5.41 Å². The number of nitrogens with one attached hydrogen (secondary N) is 1. The fourth-order valence-corrected chi connectivity index (χ4v) is 2.57. The third kappa shape index (κ3) is 6.98. The van der Waals surface area contributed by atoms with E-state index in [1.54, 1.807) is 0 Å². The Morgan fingerprint density at radius 1 is 1.04 bits per heavy atom. The molecule has 2 rings (SSSR count). The van der Waals surface area contributed by atoms with Crippen LogP contribution in [0.2, 0.25) is 0 Å². The van der Waals surface area contributed by atoms with Crippen molar-refractivity contribution in [2.45, 2.75) is 39.7 Å². The molecule has 4 heteroatoms. The zero-order valence-electron chi connectivity index (χ0n) is 15.1. The predicted octanol–water partition coefficient (Wildman–Crippen LogP) is 4.36. The van der Waals surface area contributed by atoms with Gasteiger partial charge in [-0.1, -0.05) is 44.2 Å². The Bertz CT molecular complexity index is 651. The SMILES string of the molecule is CC(C)(CCN)CCC(=O)Nc1ccc(OCc2ccccc2)cc1. The first kappa shape index (κ1) is 19.0. The van der Waals surface area contributed by atoms with Crippen molar-refractivity contribution in [1.29, 1.82) is 0 Å². The monoisotopic (exact) mass is 340 g/mol.